The van der Waals surface area contributed by atoms with Crippen molar-refractivity contribution in [2.45, 2.75) is 39.0 Å². The van der Waals surface area contributed by atoms with Gasteiger partial charge in [0.15, 0.2) is 0 Å². The zero-order valence-electron chi connectivity index (χ0n) is 11.7. The Labute approximate surface area is 118 Å². The number of aromatic nitrogens is 1. The van der Waals surface area contributed by atoms with Crippen LogP contribution in [0.3, 0.4) is 0 Å². The van der Waals surface area contributed by atoms with Gasteiger partial charge in [-0.05, 0) is 37.5 Å². The molecule has 0 atom stereocenters. The highest BCUT2D eigenvalue weighted by Gasteiger charge is 2.31. The highest BCUT2D eigenvalue weighted by molar-refractivity contribution is 5.86. The van der Waals surface area contributed by atoms with Crippen molar-refractivity contribution < 1.29 is 9.90 Å². The van der Waals surface area contributed by atoms with E-state index in [1.165, 1.54) is 0 Å². The molecule has 0 bridgehead atoms. The number of likely N-dealkylation sites (N-methyl/N-ethyl adjacent to an activating group) is 1. The van der Waals surface area contributed by atoms with E-state index in [4.69, 9.17) is 0 Å². The zero-order chi connectivity index (χ0) is 14.1. The quantitative estimate of drug-likeness (QED) is 0.906. The molecule has 1 aliphatic rings. The van der Waals surface area contributed by atoms with Crippen LogP contribution in [0.15, 0.2) is 30.5 Å². The SMILES string of the molecule is CCN(C(=O)Cn1ccc2c(CO)cccc21)C1CC1. The van der Waals surface area contributed by atoms with E-state index in [0.29, 0.717) is 12.6 Å². The molecule has 1 aromatic heterocycles. The zero-order valence-corrected chi connectivity index (χ0v) is 11.7. The smallest absolute Gasteiger partial charge is 0.242 e. The molecule has 1 fully saturated rings. The second-order valence-electron chi connectivity index (χ2n) is 5.36. The number of carbonyl (C=O) groups excluding carboxylic acids is 1. The molecule has 1 heterocycles. The van der Waals surface area contributed by atoms with Gasteiger partial charge < -0.3 is 14.6 Å². The molecule has 3 rings (SSSR count). The van der Waals surface area contributed by atoms with E-state index in [9.17, 15) is 9.90 Å². The van der Waals surface area contributed by atoms with E-state index in [1.807, 2.05) is 46.9 Å². The van der Waals surface area contributed by atoms with E-state index in [2.05, 4.69) is 0 Å². The van der Waals surface area contributed by atoms with Crippen LogP contribution in [0.4, 0.5) is 0 Å². The lowest BCUT2D eigenvalue weighted by atomic mass is 10.1. The summed E-state index contributed by atoms with van der Waals surface area (Å²) in [5.74, 6) is 0.182. The molecule has 0 aliphatic heterocycles. The van der Waals surface area contributed by atoms with E-state index in [1.54, 1.807) is 0 Å². The Morgan fingerprint density at radius 1 is 1.40 bits per heavy atom. The Morgan fingerprint density at radius 2 is 2.20 bits per heavy atom. The molecule has 1 N–H and O–H groups in total. The normalized spacial score (nSPS) is 14.7. The third-order valence-corrected chi connectivity index (χ3v) is 4.03. The Kier molecular flexibility index (Phi) is 3.49. The molecular formula is C16H20N2O2. The van der Waals surface area contributed by atoms with Gasteiger partial charge >= 0.3 is 0 Å². The summed E-state index contributed by atoms with van der Waals surface area (Å²) in [6, 6.07) is 8.27. The predicted octanol–water partition coefficient (Wildman–Crippen LogP) is 2.14. The predicted molar refractivity (Wildman–Crippen MR) is 78.3 cm³/mol. The average Bonchev–Trinajstić information content (AvgIpc) is 3.21. The van der Waals surface area contributed by atoms with Crippen molar-refractivity contribution in [2.24, 2.45) is 0 Å². The van der Waals surface area contributed by atoms with Crippen LogP contribution in [-0.2, 0) is 17.9 Å². The van der Waals surface area contributed by atoms with Gasteiger partial charge in [-0.15, -0.1) is 0 Å². The molecular weight excluding hydrogens is 252 g/mol. The van der Waals surface area contributed by atoms with Gasteiger partial charge in [0.05, 0.1) is 6.61 Å². The molecule has 2 aromatic rings. The van der Waals surface area contributed by atoms with Gasteiger partial charge in [0.1, 0.15) is 6.54 Å². The molecule has 1 amide bonds. The molecule has 1 saturated carbocycles. The van der Waals surface area contributed by atoms with Gasteiger partial charge in [-0.1, -0.05) is 12.1 Å². The van der Waals surface area contributed by atoms with E-state index in [0.717, 1.165) is 35.9 Å². The van der Waals surface area contributed by atoms with Crippen LogP contribution in [0.5, 0.6) is 0 Å². The number of nitrogens with zero attached hydrogens (tertiary/aromatic N) is 2. The summed E-state index contributed by atoms with van der Waals surface area (Å²) >= 11 is 0. The molecule has 1 aromatic carbocycles. The van der Waals surface area contributed by atoms with Crippen LogP contribution in [0.1, 0.15) is 25.3 Å². The van der Waals surface area contributed by atoms with Gasteiger partial charge in [0, 0.05) is 29.7 Å². The maximum absolute atomic E-state index is 12.4. The van der Waals surface area contributed by atoms with Gasteiger partial charge in [-0.25, -0.2) is 0 Å². The number of hydrogen-bond donors (Lipinski definition) is 1. The summed E-state index contributed by atoms with van der Waals surface area (Å²) in [7, 11) is 0. The Bertz CT molecular complexity index is 628. The second kappa shape index (κ2) is 5.29. The number of aliphatic hydroxyl groups excluding tert-OH is 1. The number of hydrogen-bond acceptors (Lipinski definition) is 2. The topological polar surface area (TPSA) is 45.5 Å². The van der Waals surface area contributed by atoms with Crippen molar-refractivity contribution in [1.82, 2.24) is 9.47 Å². The number of benzene rings is 1. The van der Waals surface area contributed by atoms with Gasteiger partial charge in [0.2, 0.25) is 5.91 Å². The molecule has 1 aliphatic carbocycles. The van der Waals surface area contributed by atoms with Crippen molar-refractivity contribution in [3.05, 3.63) is 36.0 Å². The minimum absolute atomic E-state index is 0.0262. The molecule has 0 saturated heterocycles. The van der Waals surface area contributed by atoms with Crippen LogP contribution < -0.4 is 0 Å². The summed E-state index contributed by atoms with van der Waals surface area (Å²) in [6.45, 7) is 3.22. The first-order valence-corrected chi connectivity index (χ1v) is 7.21. The lowest BCUT2D eigenvalue weighted by Crippen LogP contribution is -2.35. The average molecular weight is 272 g/mol. The Hall–Kier alpha value is -1.81. The lowest BCUT2D eigenvalue weighted by Gasteiger charge is -2.20. The summed E-state index contributed by atoms with van der Waals surface area (Å²) in [5.41, 5.74) is 1.92. The number of aliphatic hydroxyl groups is 1. The largest absolute Gasteiger partial charge is 0.392 e. The lowest BCUT2D eigenvalue weighted by molar-refractivity contribution is -0.132. The van der Waals surface area contributed by atoms with Crippen molar-refractivity contribution in [2.75, 3.05) is 6.54 Å². The first kappa shape index (κ1) is 13.2. The van der Waals surface area contributed by atoms with Gasteiger partial charge in [-0.2, -0.15) is 0 Å². The van der Waals surface area contributed by atoms with Gasteiger partial charge in [-0.3, -0.25) is 4.79 Å². The van der Waals surface area contributed by atoms with Crippen molar-refractivity contribution in [3.63, 3.8) is 0 Å². The first-order chi connectivity index (χ1) is 9.74. The van der Waals surface area contributed by atoms with Crippen LogP contribution in [0.2, 0.25) is 0 Å². The second-order valence-corrected chi connectivity index (χ2v) is 5.36. The number of amides is 1. The monoisotopic (exact) mass is 272 g/mol. The summed E-state index contributed by atoms with van der Waals surface area (Å²) in [4.78, 5) is 14.4. The molecule has 4 nitrogen and oxygen atoms in total. The van der Waals surface area contributed by atoms with Crippen LogP contribution in [0.25, 0.3) is 10.9 Å². The highest BCUT2D eigenvalue weighted by atomic mass is 16.3. The third-order valence-electron chi connectivity index (χ3n) is 4.03. The van der Waals surface area contributed by atoms with Crippen LogP contribution in [0, 0.1) is 0 Å². The first-order valence-electron chi connectivity index (χ1n) is 7.21. The molecule has 106 valence electrons. The number of carbonyl (C=O) groups is 1. The summed E-state index contributed by atoms with van der Waals surface area (Å²) in [5, 5.41) is 10.4. The Morgan fingerprint density at radius 3 is 2.85 bits per heavy atom. The van der Waals surface area contributed by atoms with Crippen LogP contribution in [-0.4, -0.2) is 33.1 Å². The Balaban J connectivity index is 1.85. The number of fused-ring (bicyclic) bond motifs is 1. The molecule has 0 unspecified atom stereocenters. The maximum atomic E-state index is 12.4. The van der Waals surface area contributed by atoms with Crippen molar-refractivity contribution in [3.8, 4) is 0 Å². The molecule has 0 radical (unpaired) electrons. The fourth-order valence-corrected chi connectivity index (χ4v) is 2.82. The maximum Gasteiger partial charge on any atom is 0.242 e. The number of rotatable bonds is 5. The minimum atomic E-state index is 0.0262. The van der Waals surface area contributed by atoms with Gasteiger partial charge in [0.25, 0.3) is 0 Å². The summed E-state index contributed by atoms with van der Waals surface area (Å²) in [6.07, 6.45) is 4.21. The standard InChI is InChI=1S/C16H20N2O2/c1-2-18(13-6-7-13)16(20)10-17-9-8-14-12(11-19)4-3-5-15(14)17/h3-5,8-9,13,19H,2,6-7,10-11H2,1H3. The third kappa shape index (κ3) is 2.31. The van der Waals surface area contributed by atoms with Crippen LogP contribution >= 0.6 is 0 Å². The summed E-state index contributed by atoms with van der Waals surface area (Å²) < 4.78 is 1.97. The molecule has 4 heteroatoms. The molecule has 20 heavy (non-hydrogen) atoms. The molecule has 0 spiro atoms. The van der Waals surface area contributed by atoms with E-state index in [-0.39, 0.29) is 12.5 Å². The van der Waals surface area contributed by atoms with Crippen molar-refractivity contribution in [1.29, 1.82) is 0 Å². The highest BCUT2D eigenvalue weighted by Crippen LogP contribution is 2.27. The van der Waals surface area contributed by atoms with Crippen molar-refractivity contribution >= 4 is 16.8 Å². The van der Waals surface area contributed by atoms with E-state index >= 15 is 0 Å². The van der Waals surface area contributed by atoms with E-state index < -0.39 is 0 Å². The fraction of sp³-hybridized carbons (Fsp3) is 0.438. The minimum Gasteiger partial charge on any atom is -0.392 e. The fourth-order valence-electron chi connectivity index (χ4n) is 2.82.